The first-order chi connectivity index (χ1) is 7.98. The van der Waals surface area contributed by atoms with Crippen molar-refractivity contribution in [3.63, 3.8) is 0 Å². The predicted molar refractivity (Wildman–Crippen MR) is 72.9 cm³/mol. The van der Waals surface area contributed by atoms with Crippen molar-refractivity contribution in [3.8, 4) is 0 Å². The Labute approximate surface area is 106 Å². The van der Waals surface area contributed by atoms with E-state index in [1.54, 1.807) is 0 Å². The minimum atomic E-state index is 0.290. The van der Waals surface area contributed by atoms with E-state index in [-0.39, 0.29) is 0 Å². The molecule has 2 atom stereocenters. The standard InChI is InChI=1S/C14H30N2O/c1-4-16(8-5-9-17)11-12-10-14(2,3)7-6-13(12)15/h12-13,17H,4-11,15H2,1-3H3. The van der Waals surface area contributed by atoms with Gasteiger partial charge in [-0.3, -0.25) is 0 Å². The van der Waals surface area contributed by atoms with Gasteiger partial charge in [0.05, 0.1) is 0 Å². The van der Waals surface area contributed by atoms with Crippen LogP contribution in [0.4, 0.5) is 0 Å². The first-order valence-corrected chi connectivity index (χ1v) is 7.07. The lowest BCUT2D eigenvalue weighted by atomic mass is 9.70. The van der Waals surface area contributed by atoms with E-state index in [1.807, 2.05) is 0 Å². The lowest BCUT2D eigenvalue weighted by molar-refractivity contribution is 0.113. The smallest absolute Gasteiger partial charge is 0.0443 e. The van der Waals surface area contributed by atoms with Crippen molar-refractivity contribution in [3.05, 3.63) is 0 Å². The molecule has 3 nitrogen and oxygen atoms in total. The van der Waals surface area contributed by atoms with Crippen LogP contribution in [0, 0.1) is 11.3 Å². The van der Waals surface area contributed by atoms with Crippen molar-refractivity contribution >= 4 is 0 Å². The molecule has 1 aliphatic carbocycles. The summed E-state index contributed by atoms with van der Waals surface area (Å²) in [5.41, 5.74) is 6.71. The van der Waals surface area contributed by atoms with E-state index in [2.05, 4.69) is 25.7 Å². The van der Waals surface area contributed by atoms with Gasteiger partial charge in [-0.05, 0) is 43.6 Å². The first-order valence-electron chi connectivity index (χ1n) is 7.07. The summed E-state index contributed by atoms with van der Waals surface area (Å²) in [4.78, 5) is 2.43. The molecule has 102 valence electrons. The number of hydrogen-bond donors (Lipinski definition) is 2. The normalized spacial score (nSPS) is 28.6. The third-order valence-electron chi connectivity index (χ3n) is 4.15. The van der Waals surface area contributed by atoms with Crippen molar-refractivity contribution in [2.24, 2.45) is 17.1 Å². The van der Waals surface area contributed by atoms with E-state index in [0.29, 0.717) is 24.0 Å². The van der Waals surface area contributed by atoms with Crippen LogP contribution >= 0.6 is 0 Å². The monoisotopic (exact) mass is 242 g/mol. The molecule has 0 amide bonds. The zero-order valence-corrected chi connectivity index (χ0v) is 11.8. The van der Waals surface area contributed by atoms with Crippen molar-refractivity contribution < 1.29 is 5.11 Å². The fourth-order valence-corrected chi connectivity index (χ4v) is 2.96. The molecule has 1 fully saturated rings. The van der Waals surface area contributed by atoms with E-state index in [9.17, 15) is 0 Å². The Morgan fingerprint density at radius 1 is 1.41 bits per heavy atom. The van der Waals surface area contributed by atoms with Crippen LogP contribution in [-0.4, -0.2) is 42.3 Å². The molecule has 0 radical (unpaired) electrons. The van der Waals surface area contributed by atoms with E-state index in [1.165, 1.54) is 12.8 Å². The molecule has 17 heavy (non-hydrogen) atoms. The molecule has 0 spiro atoms. The summed E-state index contributed by atoms with van der Waals surface area (Å²) in [7, 11) is 0. The fraction of sp³-hybridized carbons (Fsp3) is 1.00. The zero-order valence-electron chi connectivity index (χ0n) is 11.8. The van der Waals surface area contributed by atoms with Gasteiger partial charge in [0.25, 0.3) is 0 Å². The highest BCUT2D eigenvalue weighted by molar-refractivity contribution is 4.88. The maximum absolute atomic E-state index is 8.90. The second kappa shape index (κ2) is 6.72. The molecule has 0 aromatic heterocycles. The van der Waals surface area contributed by atoms with E-state index >= 15 is 0 Å². The Morgan fingerprint density at radius 3 is 2.71 bits per heavy atom. The van der Waals surface area contributed by atoms with Crippen molar-refractivity contribution in [2.45, 2.75) is 52.5 Å². The van der Waals surface area contributed by atoms with Gasteiger partial charge in [0, 0.05) is 25.7 Å². The zero-order chi connectivity index (χ0) is 12.9. The van der Waals surface area contributed by atoms with Gasteiger partial charge in [0.2, 0.25) is 0 Å². The molecule has 0 heterocycles. The Kier molecular flexibility index (Phi) is 5.90. The van der Waals surface area contributed by atoms with Gasteiger partial charge >= 0.3 is 0 Å². The summed E-state index contributed by atoms with van der Waals surface area (Å²) >= 11 is 0. The Morgan fingerprint density at radius 2 is 2.12 bits per heavy atom. The molecule has 1 aliphatic rings. The maximum atomic E-state index is 8.90. The van der Waals surface area contributed by atoms with Gasteiger partial charge in [-0.15, -0.1) is 0 Å². The molecule has 0 aliphatic heterocycles. The van der Waals surface area contributed by atoms with E-state index < -0.39 is 0 Å². The largest absolute Gasteiger partial charge is 0.396 e. The van der Waals surface area contributed by atoms with Crippen LogP contribution in [0.1, 0.15) is 46.5 Å². The summed E-state index contributed by atoms with van der Waals surface area (Å²) < 4.78 is 0. The Bertz CT molecular complexity index is 218. The highest BCUT2D eigenvalue weighted by Crippen LogP contribution is 2.38. The number of hydrogen-bond acceptors (Lipinski definition) is 3. The maximum Gasteiger partial charge on any atom is 0.0443 e. The molecule has 1 rings (SSSR count). The van der Waals surface area contributed by atoms with E-state index in [0.717, 1.165) is 32.5 Å². The summed E-state index contributed by atoms with van der Waals surface area (Å²) in [5, 5.41) is 8.90. The molecule has 3 N–H and O–H groups in total. The number of aliphatic hydroxyl groups is 1. The molecular weight excluding hydrogens is 212 g/mol. The summed E-state index contributed by atoms with van der Waals surface area (Å²) in [6.07, 6.45) is 4.53. The van der Waals surface area contributed by atoms with Gasteiger partial charge in [0.1, 0.15) is 0 Å². The number of nitrogens with two attached hydrogens (primary N) is 1. The average Bonchev–Trinajstić information content (AvgIpc) is 2.28. The van der Waals surface area contributed by atoms with Crippen LogP contribution < -0.4 is 5.73 Å². The summed E-state index contributed by atoms with van der Waals surface area (Å²) in [6.45, 7) is 10.3. The molecule has 2 unspecified atom stereocenters. The minimum Gasteiger partial charge on any atom is -0.396 e. The van der Waals surface area contributed by atoms with Gasteiger partial charge in [-0.1, -0.05) is 20.8 Å². The molecule has 0 bridgehead atoms. The second-order valence-corrected chi connectivity index (χ2v) is 6.30. The molecular formula is C14H30N2O. The summed E-state index contributed by atoms with van der Waals surface area (Å²) in [6, 6.07) is 0.367. The predicted octanol–water partition coefficient (Wildman–Crippen LogP) is 1.84. The van der Waals surface area contributed by atoms with Gasteiger partial charge < -0.3 is 15.7 Å². The SMILES string of the molecule is CCN(CCCO)CC1CC(C)(C)CCC1N. The Hall–Kier alpha value is -0.120. The van der Waals surface area contributed by atoms with Crippen LogP contribution in [0.2, 0.25) is 0 Å². The molecule has 0 aromatic rings. The molecule has 3 heteroatoms. The summed E-state index contributed by atoms with van der Waals surface area (Å²) in [5.74, 6) is 0.623. The highest BCUT2D eigenvalue weighted by atomic mass is 16.3. The van der Waals surface area contributed by atoms with Crippen LogP contribution in [0.5, 0.6) is 0 Å². The number of nitrogens with zero attached hydrogens (tertiary/aromatic N) is 1. The van der Waals surface area contributed by atoms with Gasteiger partial charge in [-0.2, -0.15) is 0 Å². The number of aliphatic hydroxyl groups excluding tert-OH is 1. The van der Waals surface area contributed by atoms with Gasteiger partial charge in [-0.25, -0.2) is 0 Å². The van der Waals surface area contributed by atoms with Crippen molar-refractivity contribution in [1.29, 1.82) is 0 Å². The van der Waals surface area contributed by atoms with Crippen molar-refractivity contribution in [2.75, 3.05) is 26.2 Å². The van der Waals surface area contributed by atoms with Crippen LogP contribution in [0.15, 0.2) is 0 Å². The Balaban J connectivity index is 2.46. The average molecular weight is 242 g/mol. The lowest BCUT2D eigenvalue weighted by Gasteiger charge is -2.41. The van der Waals surface area contributed by atoms with Crippen LogP contribution in [0.3, 0.4) is 0 Å². The van der Waals surface area contributed by atoms with Crippen LogP contribution in [-0.2, 0) is 0 Å². The molecule has 0 saturated heterocycles. The van der Waals surface area contributed by atoms with Gasteiger partial charge in [0.15, 0.2) is 0 Å². The minimum absolute atomic E-state index is 0.290. The highest BCUT2D eigenvalue weighted by Gasteiger charge is 2.33. The van der Waals surface area contributed by atoms with E-state index in [4.69, 9.17) is 10.8 Å². The van der Waals surface area contributed by atoms with Crippen molar-refractivity contribution in [1.82, 2.24) is 4.90 Å². The fourth-order valence-electron chi connectivity index (χ4n) is 2.96. The third kappa shape index (κ3) is 4.94. The lowest BCUT2D eigenvalue weighted by Crippen LogP contribution is -2.45. The second-order valence-electron chi connectivity index (χ2n) is 6.30. The molecule has 1 saturated carbocycles. The van der Waals surface area contributed by atoms with Crippen LogP contribution in [0.25, 0.3) is 0 Å². The first kappa shape index (κ1) is 14.9. The molecule has 0 aromatic carbocycles. The topological polar surface area (TPSA) is 49.5 Å². The quantitative estimate of drug-likeness (QED) is 0.747. The third-order valence-corrected chi connectivity index (χ3v) is 4.15. The number of rotatable bonds is 6.